The van der Waals surface area contributed by atoms with Crippen molar-refractivity contribution in [3.05, 3.63) is 24.2 Å². The van der Waals surface area contributed by atoms with E-state index in [2.05, 4.69) is 10.6 Å². The number of carbonyl (C=O) groups excluding carboxylic acids is 2. The van der Waals surface area contributed by atoms with Gasteiger partial charge in [0.25, 0.3) is 5.91 Å². The van der Waals surface area contributed by atoms with Crippen LogP contribution in [0.5, 0.6) is 0 Å². The Balaban J connectivity index is 1.78. The zero-order valence-electron chi connectivity index (χ0n) is 12.8. The van der Waals surface area contributed by atoms with Gasteiger partial charge in [-0.05, 0) is 45.7 Å². The number of hydrogen-bond acceptors (Lipinski definition) is 3. The molecule has 0 unspecified atom stereocenters. The first-order valence-corrected chi connectivity index (χ1v) is 7.26. The summed E-state index contributed by atoms with van der Waals surface area (Å²) >= 11 is 0. The Labute approximate surface area is 124 Å². The van der Waals surface area contributed by atoms with E-state index in [1.54, 1.807) is 17.0 Å². The molecule has 0 bridgehead atoms. The van der Waals surface area contributed by atoms with Gasteiger partial charge in [0.15, 0.2) is 5.76 Å². The maximum absolute atomic E-state index is 12.1. The minimum Gasteiger partial charge on any atom is -0.459 e. The number of nitrogens with one attached hydrogen (secondary N) is 2. The highest BCUT2D eigenvalue weighted by molar-refractivity contribution is 5.91. The Morgan fingerprint density at radius 3 is 2.48 bits per heavy atom. The van der Waals surface area contributed by atoms with Gasteiger partial charge < -0.3 is 20.0 Å². The van der Waals surface area contributed by atoms with Crippen molar-refractivity contribution in [2.45, 2.75) is 45.2 Å². The van der Waals surface area contributed by atoms with E-state index in [0.717, 1.165) is 12.8 Å². The van der Waals surface area contributed by atoms with Crippen molar-refractivity contribution in [2.24, 2.45) is 0 Å². The highest BCUT2D eigenvalue weighted by Crippen LogP contribution is 2.14. The van der Waals surface area contributed by atoms with Crippen LogP contribution in [0, 0.1) is 0 Å². The first-order valence-electron chi connectivity index (χ1n) is 7.26. The van der Waals surface area contributed by atoms with Crippen molar-refractivity contribution in [1.82, 2.24) is 15.5 Å². The molecule has 21 heavy (non-hydrogen) atoms. The second-order valence-corrected chi connectivity index (χ2v) is 6.39. The number of furan rings is 1. The topological polar surface area (TPSA) is 74.6 Å². The van der Waals surface area contributed by atoms with Crippen molar-refractivity contribution in [2.75, 3.05) is 13.1 Å². The molecule has 1 saturated heterocycles. The summed E-state index contributed by atoms with van der Waals surface area (Å²) in [4.78, 5) is 25.7. The predicted octanol–water partition coefficient (Wildman–Crippen LogP) is 1.98. The van der Waals surface area contributed by atoms with Gasteiger partial charge in [0.2, 0.25) is 0 Å². The van der Waals surface area contributed by atoms with Gasteiger partial charge in [-0.2, -0.15) is 0 Å². The number of amides is 3. The maximum Gasteiger partial charge on any atom is 0.315 e. The molecule has 0 spiro atoms. The number of piperidine rings is 1. The summed E-state index contributed by atoms with van der Waals surface area (Å²) in [5.41, 5.74) is -0.250. The molecule has 2 N–H and O–H groups in total. The molecule has 2 rings (SSSR count). The van der Waals surface area contributed by atoms with E-state index in [4.69, 9.17) is 4.42 Å². The van der Waals surface area contributed by atoms with E-state index in [9.17, 15) is 9.59 Å². The van der Waals surface area contributed by atoms with Gasteiger partial charge in [-0.25, -0.2) is 4.79 Å². The summed E-state index contributed by atoms with van der Waals surface area (Å²) in [5, 5.41) is 5.84. The normalized spacial score (nSPS) is 16.6. The van der Waals surface area contributed by atoms with Crippen LogP contribution in [0.2, 0.25) is 0 Å². The Morgan fingerprint density at radius 2 is 1.95 bits per heavy atom. The van der Waals surface area contributed by atoms with Gasteiger partial charge in [0, 0.05) is 24.7 Å². The Morgan fingerprint density at radius 1 is 1.29 bits per heavy atom. The molecule has 1 aromatic heterocycles. The van der Waals surface area contributed by atoms with Crippen molar-refractivity contribution in [1.29, 1.82) is 0 Å². The lowest BCUT2D eigenvalue weighted by Gasteiger charge is -2.32. The van der Waals surface area contributed by atoms with E-state index in [1.165, 1.54) is 6.26 Å². The summed E-state index contributed by atoms with van der Waals surface area (Å²) in [6.07, 6.45) is 3.01. The molecule has 6 heteroatoms. The minimum absolute atomic E-state index is 0.0856. The van der Waals surface area contributed by atoms with Crippen molar-refractivity contribution >= 4 is 11.9 Å². The van der Waals surface area contributed by atoms with Gasteiger partial charge in [0.1, 0.15) is 0 Å². The monoisotopic (exact) mass is 293 g/mol. The largest absolute Gasteiger partial charge is 0.459 e. The summed E-state index contributed by atoms with van der Waals surface area (Å²) in [5.74, 6) is 0.282. The van der Waals surface area contributed by atoms with Crippen LogP contribution in [0.25, 0.3) is 0 Å². The Hall–Kier alpha value is -1.98. The number of hydrogen-bond donors (Lipinski definition) is 2. The molecule has 1 aromatic rings. The molecule has 6 nitrogen and oxygen atoms in total. The average molecular weight is 293 g/mol. The number of nitrogens with zero attached hydrogens (tertiary/aromatic N) is 1. The molecule has 0 radical (unpaired) electrons. The van der Waals surface area contributed by atoms with Crippen LogP contribution >= 0.6 is 0 Å². The van der Waals surface area contributed by atoms with Gasteiger partial charge in [-0.15, -0.1) is 0 Å². The number of likely N-dealkylation sites (tertiary alicyclic amines) is 1. The van der Waals surface area contributed by atoms with Crippen LogP contribution in [0.15, 0.2) is 22.8 Å². The fourth-order valence-corrected chi connectivity index (χ4v) is 2.35. The van der Waals surface area contributed by atoms with Gasteiger partial charge in [0.05, 0.1) is 6.26 Å². The summed E-state index contributed by atoms with van der Waals surface area (Å²) < 4.78 is 5.12. The highest BCUT2D eigenvalue weighted by Gasteiger charge is 2.26. The van der Waals surface area contributed by atoms with Gasteiger partial charge >= 0.3 is 6.03 Å². The third-order valence-electron chi connectivity index (χ3n) is 3.34. The fraction of sp³-hybridized carbons (Fsp3) is 0.600. The molecule has 1 fully saturated rings. The molecular formula is C15H23N3O3. The van der Waals surface area contributed by atoms with Crippen molar-refractivity contribution in [3.8, 4) is 0 Å². The highest BCUT2D eigenvalue weighted by atomic mass is 16.3. The quantitative estimate of drug-likeness (QED) is 0.875. The molecule has 3 amide bonds. The molecule has 0 aliphatic carbocycles. The zero-order chi connectivity index (χ0) is 15.5. The smallest absolute Gasteiger partial charge is 0.315 e. The molecule has 0 atom stereocenters. The van der Waals surface area contributed by atoms with E-state index >= 15 is 0 Å². The first kappa shape index (κ1) is 15.4. The van der Waals surface area contributed by atoms with E-state index < -0.39 is 0 Å². The molecule has 1 aliphatic heterocycles. The molecule has 0 aromatic carbocycles. The zero-order valence-corrected chi connectivity index (χ0v) is 12.8. The number of carbonyl (C=O) groups is 2. The van der Waals surface area contributed by atoms with Crippen molar-refractivity contribution in [3.63, 3.8) is 0 Å². The molecule has 1 aliphatic rings. The van der Waals surface area contributed by atoms with Crippen molar-refractivity contribution < 1.29 is 14.0 Å². The van der Waals surface area contributed by atoms with E-state index in [-0.39, 0.29) is 23.5 Å². The maximum atomic E-state index is 12.1. The third kappa shape index (κ3) is 4.51. The Kier molecular flexibility index (Phi) is 4.55. The van der Waals surface area contributed by atoms with E-state index in [1.807, 2.05) is 20.8 Å². The summed E-state index contributed by atoms with van der Waals surface area (Å²) in [6, 6.07) is 3.33. The predicted molar refractivity (Wildman–Crippen MR) is 79.1 cm³/mol. The first-order chi connectivity index (χ1) is 9.85. The minimum atomic E-state index is -0.250. The standard InChI is InChI=1S/C15H23N3O3/c1-15(2,3)17-14(20)16-11-6-8-18(9-7-11)13(19)12-5-4-10-21-12/h4-5,10-11H,6-9H2,1-3H3,(H2,16,17,20). The van der Waals surface area contributed by atoms with Gasteiger partial charge in [-0.3, -0.25) is 4.79 Å². The molecule has 0 saturated carbocycles. The van der Waals surface area contributed by atoms with Crippen LogP contribution < -0.4 is 10.6 Å². The van der Waals surface area contributed by atoms with Crippen LogP contribution in [0.3, 0.4) is 0 Å². The molecule has 116 valence electrons. The lowest BCUT2D eigenvalue weighted by molar-refractivity contribution is 0.0676. The molecular weight excluding hydrogens is 270 g/mol. The van der Waals surface area contributed by atoms with Crippen LogP contribution in [-0.4, -0.2) is 41.5 Å². The third-order valence-corrected chi connectivity index (χ3v) is 3.34. The van der Waals surface area contributed by atoms with Crippen LogP contribution in [0.4, 0.5) is 4.79 Å². The summed E-state index contributed by atoms with van der Waals surface area (Å²) in [7, 11) is 0. The SMILES string of the molecule is CC(C)(C)NC(=O)NC1CCN(C(=O)c2ccco2)CC1. The fourth-order valence-electron chi connectivity index (χ4n) is 2.35. The molecule has 2 heterocycles. The van der Waals surface area contributed by atoms with Crippen LogP contribution in [-0.2, 0) is 0 Å². The Bertz CT molecular complexity index is 483. The van der Waals surface area contributed by atoms with Gasteiger partial charge in [-0.1, -0.05) is 0 Å². The second-order valence-electron chi connectivity index (χ2n) is 6.39. The number of urea groups is 1. The second kappa shape index (κ2) is 6.20. The average Bonchev–Trinajstić information content (AvgIpc) is 2.90. The lowest BCUT2D eigenvalue weighted by Crippen LogP contribution is -2.52. The van der Waals surface area contributed by atoms with Crippen LogP contribution in [0.1, 0.15) is 44.2 Å². The summed E-state index contributed by atoms with van der Waals surface area (Å²) in [6.45, 7) is 7.08. The lowest BCUT2D eigenvalue weighted by atomic mass is 10.0. The number of rotatable bonds is 2. The van der Waals surface area contributed by atoms with E-state index in [0.29, 0.717) is 18.8 Å².